The van der Waals surface area contributed by atoms with Gasteiger partial charge in [0.15, 0.2) is 0 Å². The van der Waals surface area contributed by atoms with E-state index in [0.717, 1.165) is 44.9 Å². The maximum absolute atomic E-state index is 14.0. The predicted octanol–water partition coefficient (Wildman–Crippen LogP) is 3.44. The van der Waals surface area contributed by atoms with Crippen molar-refractivity contribution in [3.05, 3.63) is 35.6 Å². The minimum atomic E-state index is -1.24. The van der Waals surface area contributed by atoms with Crippen LogP contribution in [0, 0.1) is 17.2 Å². The molecule has 2 aliphatic rings. The van der Waals surface area contributed by atoms with Gasteiger partial charge in [-0.05, 0) is 55.7 Å². The van der Waals surface area contributed by atoms with Crippen molar-refractivity contribution < 1.29 is 28.4 Å². The van der Waals surface area contributed by atoms with Gasteiger partial charge in [-0.2, -0.15) is 0 Å². The van der Waals surface area contributed by atoms with Crippen molar-refractivity contribution in [2.45, 2.75) is 116 Å². The van der Waals surface area contributed by atoms with Crippen LogP contribution in [0.4, 0.5) is 4.39 Å². The van der Waals surface area contributed by atoms with Crippen LogP contribution in [0.25, 0.3) is 0 Å². The number of hydrogen-bond acceptors (Lipinski definition) is 5. The molecule has 3 atom stereocenters. The average molecular weight is 587 g/mol. The number of nitrogens with one attached hydrogen (secondary N) is 3. The second-order valence-corrected chi connectivity index (χ2v) is 12.9. The molecule has 0 unspecified atom stereocenters. The maximum atomic E-state index is 14.0. The fraction of sp³-hybridized carbons (Fsp3) is 0.656. The van der Waals surface area contributed by atoms with Crippen molar-refractivity contribution in [2.24, 2.45) is 11.3 Å². The van der Waals surface area contributed by atoms with Crippen LogP contribution in [-0.2, 0) is 30.4 Å². The minimum Gasteiger partial charge on any atom is -0.347 e. The fourth-order valence-corrected chi connectivity index (χ4v) is 5.37. The van der Waals surface area contributed by atoms with E-state index in [2.05, 4.69) is 16.0 Å². The summed E-state index contributed by atoms with van der Waals surface area (Å²) in [4.78, 5) is 67.9. The molecule has 0 heterocycles. The van der Waals surface area contributed by atoms with Crippen LogP contribution in [0.2, 0.25) is 0 Å². The van der Waals surface area contributed by atoms with Gasteiger partial charge in [-0.15, -0.1) is 0 Å². The van der Waals surface area contributed by atoms with Gasteiger partial charge in [-0.1, -0.05) is 65.5 Å². The highest BCUT2D eigenvalue weighted by atomic mass is 19.1. The highest BCUT2D eigenvalue weighted by Crippen LogP contribution is 2.29. The predicted molar refractivity (Wildman–Crippen MR) is 158 cm³/mol. The van der Waals surface area contributed by atoms with Gasteiger partial charge in [0.1, 0.15) is 23.9 Å². The Morgan fingerprint density at radius 3 is 2.24 bits per heavy atom. The molecule has 1 aromatic carbocycles. The minimum absolute atomic E-state index is 0.0428. The molecule has 4 amide bonds. The van der Waals surface area contributed by atoms with E-state index in [0.29, 0.717) is 18.4 Å². The molecule has 0 aromatic heterocycles. The number of ketones is 1. The van der Waals surface area contributed by atoms with Crippen LogP contribution < -0.4 is 16.0 Å². The van der Waals surface area contributed by atoms with Gasteiger partial charge in [0.2, 0.25) is 23.5 Å². The molecule has 3 rings (SSSR count). The lowest BCUT2D eigenvalue weighted by Crippen LogP contribution is -2.59. The summed E-state index contributed by atoms with van der Waals surface area (Å²) in [6.07, 6.45) is 7.01. The van der Waals surface area contributed by atoms with Gasteiger partial charge in [0.25, 0.3) is 5.91 Å². The van der Waals surface area contributed by atoms with E-state index in [1.54, 1.807) is 33.9 Å². The summed E-state index contributed by atoms with van der Waals surface area (Å²) >= 11 is 0. The van der Waals surface area contributed by atoms with Crippen molar-refractivity contribution in [1.29, 1.82) is 0 Å². The van der Waals surface area contributed by atoms with Gasteiger partial charge in [-0.3, -0.25) is 24.0 Å². The Labute approximate surface area is 248 Å². The molecular weight excluding hydrogens is 539 g/mol. The van der Waals surface area contributed by atoms with Crippen molar-refractivity contribution in [1.82, 2.24) is 20.9 Å². The number of Topliss-reactive ketones (excluding diaryl/α,β-unsaturated/α-hetero) is 1. The summed E-state index contributed by atoms with van der Waals surface area (Å²) in [5.41, 5.74) is -0.246. The summed E-state index contributed by atoms with van der Waals surface area (Å²) in [5.74, 6) is -3.32. The number of carbonyl (C=O) groups is 5. The third-order valence-electron chi connectivity index (χ3n) is 8.13. The lowest BCUT2D eigenvalue weighted by atomic mass is 9.82. The van der Waals surface area contributed by atoms with Crippen LogP contribution in [0.1, 0.15) is 91.0 Å². The zero-order valence-electron chi connectivity index (χ0n) is 25.6. The molecule has 0 aliphatic heterocycles. The topological polar surface area (TPSA) is 125 Å². The van der Waals surface area contributed by atoms with Crippen molar-refractivity contribution in [3.8, 4) is 0 Å². The van der Waals surface area contributed by atoms with Gasteiger partial charge >= 0.3 is 0 Å². The SMILES string of the molecule is CCC[C@@H](C(=O)N[C@@H](Cc1cccc(F)c1)C(=O)C(=O)NC1CC1)N(C)C(=O)[C@H](NC(=O)C(C)(C)C)C1CCCCC1. The van der Waals surface area contributed by atoms with Crippen LogP contribution in [-0.4, -0.2) is 65.5 Å². The molecule has 3 N–H and O–H groups in total. The summed E-state index contributed by atoms with van der Waals surface area (Å²) in [7, 11) is 1.55. The third kappa shape index (κ3) is 9.36. The smallest absolute Gasteiger partial charge is 0.289 e. The van der Waals surface area contributed by atoms with Crippen LogP contribution in [0.5, 0.6) is 0 Å². The zero-order valence-corrected chi connectivity index (χ0v) is 25.6. The van der Waals surface area contributed by atoms with E-state index in [4.69, 9.17) is 0 Å². The molecule has 42 heavy (non-hydrogen) atoms. The number of carbonyl (C=O) groups excluding carboxylic acids is 5. The first-order chi connectivity index (χ1) is 19.8. The molecule has 0 saturated heterocycles. The molecular formula is C32H47FN4O5. The summed E-state index contributed by atoms with van der Waals surface area (Å²) in [6.45, 7) is 7.25. The zero-order chi connectivity index (χ0) is 31.0. The highest BCUT2D eigenvalue weighted by Gasteiger charge is 2.39. The van der Waals surface area contributed by atoms with Gasteiger partial charge in [-0.25, -0.2) is 4.39 Å². The molecule has 2 fully saturated rings. The van der Waals surface area contributed by atoms with Gasteiger partial charge in [0, 0.05) is 24.9 Å². The first-order valence-electron chi connectivity index (χ1n) is 15.3. The average Bonchev–Trinajstić information content (AvgIpc) is 3.76. The monoisotopic (exact) mass is 586 g/mol. The van der Waals surface area contributed by atoms with Gasteiger partial charge < -0.3 is 20.9 Å². The van der Waals surface area contributed by atoms with E-state index in [1.807, 2.05) is 6.92 Å². The lowest BCUT2D eigenvalue weighted by molar-refractivity contribution is -0.145. The second-order valence-electron chi connectivity index (χ2n) is 12.9. The van der Waals surface area contributed by atoms with Gasteiger partial charge in [0.05, 0.1) is 0 Å². The molecule has 0 radical (unpaired) electrons. The van der Waals surface area contributed by atoms with Crippen molar-refractivity contribution in [3.63, 3.8) is 0 Å². The molecule has 1 aromatic rings. The number of likely N-dealkylation sites (N-methyl/N-ethyl adjacent to an activating group) is 1. The number of rotatable bonds is 13. The first kappa shape index (κ1) is 33.2. The Morgan fingerprint density at radius 1 is 1.00 bits per heavy atom. The summed E-state index contributed by atoms with van der Waals surface area (Å²) in [6, 6.07) is 2.66. The molecule has 232 valence electrons. The lowest BCUT2D eigenvalue weighted by Gasteiger charge is -2.37. The molecule has 2 aliphatic carbocycles. The number of nitrogens with zero attached hydrogens (tertiary/aromatic N) is 1. The molecule has 0 bridgehead atoms. The Balaban J connectivity index is 1.83. The second kappa shape index (κ2) is 14.7. The quantitative estimate of drug-likeness (QED) is 0.306. The Hall–Kier alpha value is -3.30. The Bertz CT molecular complexity index is 1140. The van der Waals surface area contributed by atoms with Crippen LogP contribution >= 0.6 is 0 Å². The van der Waals surface area contributed by atoms with Crippen molar-refractivity contribution >= 4 is 29.4 Å². The standard InChI is InChI=1S/C32H47FN4O5/c1-6-11-25(37(5)30(41)26(21-13-8-7-9-14-21)36-31(42)32(2,3)4)28(39)35-24(19-20-12-10-15-22(33)18-20)27(38)29(40)34-23-16-17-23/h10,12,15,18,21,23-26H,6-9,11,13-14,16-17,19H2,1-5H3,(H,34,40)(H,35,39)(H,36,42)/t24-,25-,26+/m0/s1. The number of hydrogen-bond donors (Lipinski definition) is 3. The number of halogens is 1. The Morgan fingerprint density at radius 2 is 1.67 bits per heavy atom. The van der Waals surface area contributed by atoms with E-state index < -0.39 is 47.0 Å². The van der Waals surface area contributed by atoms with E-state index in [9.17, 15) is 28.4 Å². The number of benzene rings is 1. The first-order valence-corrected chi connectivity index (χ1v) is 15.3. The molecule has 2 saturated carbocycles. The fourth-order valence-electron chi connectivity index (χ4n) is 5.37. The molecule has 0 spiro atoms. The van der Waals surface area contributed by atoms with Crippen LogP contribution in [0.15, 0.2) is 24.3 Å². The van der Waals surface area contributed by atoms with Crippen molar-refractivity contribution in [2.75, 3.05) is 7.05 Å². The van der Waals surface area contributed by atoms with E-state index in [1.165, 1.54) is 23.1 Å². The summed E-state index contributed by atoms with van der Waals surface area (Å²) < 4.78 is 13.9. The van der Waals surface area contributed by atoms with E-state index in [-0.39, 0.29) is 30.2 Å². The number of amides is 4. The molecule has 10 heteroatoms. The normalized spacial score (nSPS) is 17.9. The van der Waals surface area contributed by atoms with E-state index >= 15 is 0 Å². The Kier molecular flexibility index (Phi) is 11.7. The molecule has 9 nitrogen and oxygen atoms in total. The third-order valence-corrected chi connectivity index (χ3v) is 8.13. The summed E-state index contributed by atoms with van der Waals surface area (Å²) in [5, 5.41) is 8.35. The maximum Gasteiger partial charge on any atom is 0.289 e. The highest BCUT2D eigenvalue weighted by molar-refractivity contribution is 6.38. The van der Waals surface area contributed by atoms with Crippen LogP contribution in [0.3, 0.4) is 0 Å². The largest absolute Gasteiger partial charge is 0.347 e.